The second-order valence-corrected chi connectivity index (χ2v) is 7.57. The first-order valence-electron chi connectivity index (χ1n) is 10.5. The van der Waals surface area contributed by atoms with Gasteiger partial charge in [-0.15, -0.1) is 0 Å². The monoisotopic (exact) mass is 439 g/mol. The number of ether oxygens (including phenoxy) is 5. The molecule has 0 radical (unpaired) electrons. The van der Waals surface area contributed by atoms with Crippen LogP contribution in [0.4, 0.5) is 0 Å². The van der Waals surface area contributed by atoms with Crippen molar-refractivity contribution in [2.75, 3.05) is 54.7 Å². The number of fused-ring (bicyclic) bond motifs is 1. The van der Waals surface area contributed by atoms with Crippen LogP contribution in [0.15, 0.2) is 42.5 Å². The molecule has 1 atom stereocenters. The zero-order valence-electron chi connectivity index (χ0n) is 18.9. The third-order valence-corrected chi connectivity index (χ3v) is 5.95. The van der Waals surface area contributed by atoms with E-state index >= 15 is 0 Å². The lowest BCUT2D eigenvalue weighted by atomic mass is 9.92. The maximum atomic E-state index is 11.4. The summed E-state index contributed by atoms with van der Waals surface area (Å²) in [5, 5.41) is 13.0. The molecule has 3 aromatic rings. The van der Waals surface area contributed by atoms with Gasteiger partial charge in [0.15, 0.2) is 11.5 Å². The summed E-state index contributed by atoms with van der Waals surface area (Å²) >= 11 is 0. The van der Waals surface area contributed by atoms with Crippen molar-refractivity contribution in [1.29, 1.82) is 0 Å². The zero-order chi connectivity index (χ0) is 22.7. The molecule has 0 spiro atoms. The van der Waals surface area contributed by atoms with Crippen LogP contribution in [0.25, 0.3) is 10.8 Å². The average Bonchev–Trinajstić information content (AvgIpc) is 2.85. The molecule has 1 heterocycles. The van der Waals surface area contributed by atoms with Crippen molar-refractivity contribution in [3.8, 4) is 28.7 Å². The van der Waals surface area contributed by atoms with Gasteiger partial charge in [-0.2, -0.15) is 0 Å². The first-order valence-corrected chi connectivity index (χ1v) is 10.5. The predicted molar refractivity (Wildman–Crippen MR) is 122 cm³/mol. The second-order valence-electron chi connectivity index (χ2n) is 7.57. The number of nitrogens with zero attached hydrogens (tertiary/aromatic N) is 1. The fourth-order valence-corrected chi connectivity index (χ4v) is 4.41. The van der Waals surface area contributed by atoms with Crippen LogP contribution in [-0.4, -0.2) is 64.7 Å². The fraction of sp³-hybridized carbons (Fsp3) is 0.360. The number of rotatable bonds is 7. The molecule has 7 heteroatoms. The molecule has 4 rings (SSSR count). The molecule has 0 amide bonds. The Kier molecular flexibility index (Phi) is 6.58. The van der Waals surface area contributed by atoms with E-state index in [1.165, 1.54) is 0 Å². The zero-order valence-corrected chi connectivity index (χ0v) is 18.9. The summed E-state index contributed by atoms with van der Waals surface area (Å²) in [6, 6.07) is 13.3. The molecule has 1 N–H and O–H groups in total. The molecule has 3 aromatic carbocycles. The summed E-state index contributed by atoms with van der Waals surface area (Å²) in [5.41, 5.74) is 1.72. The smallest absolute Gasteiger partial charge is 0.203 e. The van der Waals surface area contributed by atoms with Gasteiger partial charge in [-0.25, -0.2) is 0 Å². The highest BCUT2D eigenvalue weighted by atomic mass is 16.5. The number of phenolic OH excluding ortho intramolecular Hbond substituents is 1. The third kappa shape index (κ3) is 3.89. The van der Waals surface area contributed by atoms with E-state index < -0.39 is 0 Å². The van der Waals surface area contributed by atoms with Gasteiger partial charge in [0.05, 0.1) is 47.7 Å². The molecule has 1 aliphatic heterocycles. The topological polar surface area (TPSA) is 69.6 Å². The molecule has 7 nitrogen and oxygen atoms in total. The molecule has 170 valence electrons. The lowest BCUT2D eigenvalue weighted by molar-refractivity contribution is 0.0235. The Labute approximate surface area is 188 Å². The maximum absolute atomic E-state index is 11.4. The summed E-state index contributed by atoms with van der Waals surface area (Å²) in [5.74, 6) is 2.63. The summed E-state index contributed by atoms with van der Waals surface area (Å²) < 4.78 is 27.8. The van der Waals surface area contributed by atoms with Gasteiger partial charge in [0.2, 0.25) is 5.75 Å². The number of hydrogen-bond donors (Lipinski definition) is 1. The Morgan fingerprint density at radius 1 is 0.812 bits per heavy atom. The summed E-state index contributed by atoms with van der Waals surface area (Å²) in [6.07, 6.45) is 0. The van der Waals surface area contributed by atoms with Crippen molar-refractivity contribution in [3.63, 3.8) is 0 Å². The van der Waals surface area contributed by atoms with Gasteiger partial charge in [0.25, 0.3) is 0 Å². The van der Waals surface area contributed by atoms with Crippen LogP contribution in [0.3, 0.4) is 0 Å². The van der Waals surface area contributed by atoms with Crippen molar-refractivity contribution < 1.29 is 28.8 Å². The van der Waals surface area contributed by atoms with Gasteiger partial charge in [-0.1, -0.05) is 24.3 Å². The Morgan fingerprint density at radius 2 is 1.47 bits per heavy atom. The highest BCUT2D eigenvalue weighted by molar-refractivity contribution is 5.94. The van der Waals surface area contributed by atoms with Crippen LogP contribution in [0.1, 0.15) is 17.2 Å². The van der Waals surface area contributed by atoms with E-state index in [1.54, 1.807) is 28.4 Å². The van der Waals surface area contributed by atoms with Crippen LogP contribution < -0.4 is 18.9 Å². The minimum absolute atomic E-state index is 0.228. The first kappa shape index (κ1) is 22.0. The number of hydrogen-bond acceptors (Lipinski definition) is 7. The van der Waals surface area contributed by atoms with Gasteiger partial charge in [-0.3, -0.25) is 4.90 Å². The second kappa shape index (κ2) is 9.54. The third-order valence-electron chi connectivity index (χ3n) is 5.95. The van der Waals surface area contributed by atoms with E-state index in [0.717, 1.165) is 40.7 Å². The normalized spacial score (nSPS) is 15.4. The van der Waals surface area contributed by atoms with Crippen LogP contribution in [0.5, 0.6) is 28.7 Å². The lowest BCUT2D eigenvalue weighted by Gasteiger charge is -2.36. The molecule has 0 saturated carbocycles. The molecule has 32 heavy (non-hydrogen) atoms. The molecule has 1 fully saturated rings. The lowest BCUT2D eigenvalue weighted by Crippen LogP contribution is -2.39. The van der Waals surface area contributed by atoms with E-state index in [2.05, 4.69) is 4.90 Å². The minimum Gasteiger partial charge on any atom is -0.507 e. The predicted octanol–water partition coefficient (Wildman–Crippen LogP) is 4.00. The minimum atomic E-state index is -0.233. The van der Waals surface area contributed by atoms with Gasteiger partial charge >= 0.3 is 0 Å². The van der Waals surface area contributed by atoms with Gasteiger partial charge in [0.1, 0.15) is 11.5 Å². The maximum Gasteiger partial charge on any atom is 0.203 e. The number of benzene rings is 3. The standard InChI is InChI=1S/C25H29NO6/c1-28-20-7-5-6-18-17(20)8-9-19(24(18)27)23(26-10-12-32-13-11-26)16-14-21(29-2)25(31-4)22(15-16)30-3/h5-9,14-15,23,27H,10-13H2,1-4H3/t23-/m1/s1. The Morgan fingerprint density at radius 3 is 2.06 bits per heavy atom. The molecule has 0 aliphatic carbocycles. The number of methoxy groups -OCH3 is 4. The van der Waals surface area contributed by atoms with Crippen molar-refractivity contribution in [1.82, 2.24) is 4.90 Å². The number of phenols is 1. The number of aromatic hydroxyl groups is 1. The van der Waals surface area contributed by atoms with E-state index in [4.69, 9.17) is 23.7 Å². The van der Waals surface area contributed by atoms with E-state index in [0.29, 0.717) is 30.5 Å². The number of morpholine rings is 1. The largest absolute Gasteiger partial charge is 0.507 e. The first-order chi connectivity index (χ1) is 15.6. The molecule has 1 aliphatic rings. The quantitative estimate of drug-likeness (QED) is 0.597. The van der Waals surface area contributed by atoms with E-state index in [9.17, 15) is 5.11 Å². The molecule has 0 unspecified atom stereocenters. The SMILES string of the molecule is COc1cc([C@H](c2ccc3c(OC)cccc3c2O)N2CCOCC2)cc(OC)c1OC. The summed E-state index contributed by atoms with van der Waals surface area (Å²) in [7, 11) is 6.42. The van der Waals surface area contributed by atoms with Gasteiger partial charge in [0, 0.05) is 29.4 Å². The van der Waals surface area contributed by atoms with E-state index in [-0.39, 0.29) is 11.8 Å². The van der Waals surface area contributed by atoms with Gasteiger partial charge in [-0.05, 0) is 23.8 Å². The van der Waals surface area contributed by atoms with Crippen molar-refractivity contribution in [2.24, 2.45) is 0 Å². The fourth-order valence-electron chi connectivity index (χ4n) is 4.41. The average molecular weight is 440 g/mol. The van der Waals surface area contributed by atoms with Gasteiger partial charge < -0.3 is 28.8 Å². The highest BCUT2D eigenvalue weighted by Gasteiger charge is 2.29. The van der Waals surface area contributed by atoms with Crippen molar-refractivity contribution in [2.45, 2.75) is 6.04 Å². The van der Waals surface area contributed by atoms with Crippen LogP contribution in [0.2, 0.25) is 0 Å². The molecular weight excluding hydrogens is 410 g/mol. The molecule has 1 saturated heterocycles. The Bertz CT molecular complexity index is 1070. The van der Waals surface area contributed by atoms with Crippen molar-refractivity contribution >= 4 is 10.8 Å². The van der Waals surface area contributed by atoms with E-state index in [1.807, 2.05) is 42.5 Å². The Hall–Kier alpha value is -3.16. The van der Waals surface area contributed by atoms with Crippen LogP contribution in [0, 0.1) is 0 Å². The molecular formula is C25H29NO6. The molecule has 0 bridgehead atoms. The highest BCUT2D eigenvalue weighted by Crippen LogP contribution is 2.45. The van der Waals surface area contributed by atoms with Crippen molar-refractivity contribution in [3.05, 3.63) is 53.6 Å². The Balaban J connectivity index is 1.92. The molecule has 0 aromatic heterocycles. The summed E-state index contributed by atoms with van der Waals surface area (Å²) in [6.45, 7) is 2.72. The van der Waals surface area contributed by atoms with Crippen LogP contribution in [-0.2, 0) is 4.74 Å². The summed E-state index contributed by atoms with van der Waals surface area (Å²) in [4.78, 5) is 2.30. The van der Waals surface area contributed by atoms with Crippen LogP contribution >= 0.6 is 0 Å².